The molecule has 0 saturated heterocycles. The molecule has 0 atom stereocenters. The van der Waals surface area contributed by atoms with Gasteiger partial charge < -0.3 is 9.88 Å². The van der Waals surface area contributed by atoms with Crippen LogP contribution in [0.2, 0.25) is 0 Å². The Bertz CT molecular complexity index is 949. The highest BCUT2D eigenvalue weighted by atomic mass is 32.2. The minimum atomic E-state index is -0.0255. The smallest absolute Gasteiger partial charge is 0.225 e. The minimum Gasteiger partial charge on any atom is -0.317 e. The number of aromatic nitrogens is 3. The Kier molecular flexibility index (Phi) is 4.89. The van der Waals surface area contributed by atoms with Gasteiger partial charge in [0.05, 0.1) is 5.56 Å². The highest BCUT2D eigenvalue weighted by Crippen LogP contribution is 2.46. The van der Waals surface area contributed by atoms with Crippen LogP contribution >= 0.6 is 23.1 Å². The maximum atomic E-state index is 12.5. The number of carbonyl (C=O) groups is 1. The first-order valence-corrected chi connectivity index (χ1v) is 12.0. The molecule has 0 aromatic carbocycles. The normalized spacial score (nSPS) is 18.5. The van der Waals surface area contributed by atoms with Crippen LogP contribution in [0.5, 0.6) is 0 Å². The number of hydrogen-bond acceptors (Lipinski definition) is 6. The van der Waals surface area contributed by atoms with Crippen LogP contribution < -0.4 is 5.32 Å². The van der Waals surface area contributed by atoms with Crippen LogP contribution in [0.25, 0.3) is 0 Å². The van der Waals surface area contributed by atoms with Gasteiger partial charge in [-0.2, -0.15) is 5.26 Å². The molecule has 6 nitrogen and oxygen atoms in total. The molecule has 1 N–H and O–H groups in total. The highest BCUT2D eigenvalue weighted by Gasteiger charge is 2.36. The van der Waals surface area contributed by atoms with Gasteiger partial charge in [-0.05, 0) is 56.9 Å². The number of hydrogen-bond donors (Lipinski definition) is 1. The van der Waals surface area contributed by atoms with Gasteiger partial charge in [-0.3, -0.25) is 4.79 Å². The minimum absolute atomic E-state index is 0.0255. The van der Waals surface area contributed by atoms with Crippen molar-refractivity contribution in [1.29, 1.82) is 5.26 Å². The van der Waals surface area contributed by atoms with Crippen LogP contribution in [0, 0.1) is 11.3 Å². The third-order valence-corrected chi connectivity index (χ3v) is 7.79. The van der Waals surface area contributed by atoms with E-state index < -0.39 is 0 Å². The van der Waals surface area contributed by atoms with Gasteiger partial charge >= 0.3 is 0 Å². The molecule has 3 aliphatic rings. The van der Waals surface area contributed by atoms with Crippen molar-refractivity contribution < 1.29 is 4.79 Å². The number of thiophene rings is 1. The second-order valence-electron chi connectivity index (χ2n) is 7.89. The van der Waals surface area contributed by atoms with Gasteiger partial charge in [0.15, 0.2) is 5.16 Å². The molecule has 8 heteroatoms. The lowest BCUT2D eigenvalue weighted by Crippen LogP contribution is -2.12. The summed E-state index contributed by atoms with van der Waals surface area (Å²) in [6.45, 7) is 0. The van der Waals surface area contributed by atoms with Gasteiger partial charge in [0.2, 0.25) is 5.91 Å². The molecule has 2 heterocycles. The summed E-state index contributed by atoms with van der Waals surface area (Å²) in [5.41, 5.74) is 1.84. The van der Waals surface area contributed by atoms with E-state index in [0.29, 0.717) is 29.7 Å². The molecule has 2 aromatic heterocycles. The first kappa shape index (κ1) is 18.2. The van der Waals surface area contributed by atoms with Crippen molar-refractivity contribution in [2.24, 2.45) is 0 Å². The number of anilines is 1. The summed E-state index contributed by atoms with van der Waals surface area (Å²) in [6, 6.07) is 2.87. The van der Waals surface area contributed by atoms with Crippen molar-refractivity contribution in [2.45, 2.75) is 74.9 Å². The molecule has 2 saturated carbocycles. The van der Waals surface area contributed by atoms with E-state index in [1.54, 1.807) is 23.1 Å². The zero-order valence-electron chi connectivity index (χ0n) is 15.7. The number of nitrogens with zero attached hydrogens (tertiary/aromatic N) is 4. The van der Waals surface area contributed by atoms with E-state index in [1.807, 2.05) is 0 Å². The van der Waals surface area contributed by atoms with Crippen LogP contribution in [0.1, 0.15) is 78.7 Å². The van der Waals surface area contributed by atoms with Gasteiger partial charge in [0.25, 0.3) is 0 Å². The third kappa shape index (κ3) is 3.58. The molecular formula is C20H23N5OS2. The van der Waals surface area contributed by atoms with Crippen molar-refractivity contribution in [1.82, 2.24) is 14.8 Å². The quantitative estimate of drug-likeness (QED) is 0.679. The zero-order valence-corrected chi connectivity index (χ0v) is 17.4. The fourth-order valence-electron chi connectivity index (χ4n) is 3.88. The average molecular weight is 414 g/mol. The maximum absolute atomic E-state index is 12.5. The Balaban J connectivity index is 1.20. The van der Waals surface area contributed by atoms with Gasteiger partial charge in [-0.1, -0.05) is 11.8 Å². The van der Waals surface area contributed by atoms with Crippen LogP contribution in [-0.4, -0.2) is 26.4 Å². The van der Waals surface area contributed by atoms with E-state index in [2.05, 4.69) is 26.2 Å². The first-order valence-electron chi connectivity index (χ1n) is 10.2. The number of aryl methyl sites for hydroxylation is 1. The Morgan fingerprint density at radius 3 is 2.82 bits per heavy atom. The summed E-state index contributed by atoms with van der Waals surface area (Å²) in [7, 11) is 0. The Labute approximate surface area is 172 Å². The molecule has 0 unspecified atom stereocenters. The van der Waals surface area contributed by atoms with Gasteiger partial charge in [-0.15, -0.1) is 21.5 Å². The molecular weight excluding hydrogens is 390 g/mol. The topological polar surface area (TPSA) is 83.6 Å². The zero-order chi connectivity index (χ0) is 19.1. The number of nitriles is 1. The number of thioether (sulfide) groups is 1. The summed E-state index contributed by atoms with van der Waals surface area (Å²) in [5, 5.41) is 23.0. The number of nitrogens with one attached hydrogen (secondary N) is 1. The fourth-order valence-corrected chi connectivity index (χ4v) is 6.09. The van der Waals surface area contributed by atoms with Crippen molar-refractivity contribution in [2.75, 3.05) is 11.1 Å². The number of fused-ring (bicyclic) bond motifs is 1. The predicted octanol–water partition coefficient (Wildman–Crippen LogP) is 4.42. The fraction of sp³-hybridized carbons (Fsp3) is 0.600. The lowest BCUT2D eigenvalue weighted by Gasteiger charge is -2.09. The lowest BCUT2D eigenvalue weighted by atomic mass is 9.96. The van der Waals surface area contributed by atoms with E-state index in [0.717, 1.165) is 40.8 Å². The van der Waals surface area contributed by atoms with Crippen LogP contribution in [0.15, 0.2) is 5.16 Å². The summed E-state index contributed by atoms with van der Waals surface area (Å²) in [6.07, 6.45) is 9.58. The molecule has 0 aliphatic heterocycles. The molecule has 0 spiro atoms. The Morgan fingerprint density at radius 1 is 1.25 bits per heavy atom. The number of carbonyl (C=O) groups excluding carboxylic acids is 1. The summed E-state index contributed by atoms with van der Waals surface area (Å²) in [4.78, 5) is 13.7. The summed E-state index contributed by atoms with van der Waals surface area (Å²) in [5.74, 6) is 2.40. The molecule has 0 radical (unpaired) electrons. The van der Waals surface area contributed by atoms with E-state index >= 15 is 0 Å². The molecule has 28 heavy (non-hydrogen) atoms. The van der Waals surface area contributed by atoms with E-state index in [-0.39, 0.29) is 5.91 Å². The first-order chi connectivity index (χ1) is 13.7. The van der Waals surface area contributed by atoms with Crippen molar-refractivity contribution in [3.8, 4) is 6.07 Å². The monoisotopic (exact) mass is 413 g/mol. The molecule has 5 rings (SSSR count). The van der Waals surface area contributed by atoms with Gasteiger partial charge in [0, 0.05) is 29.0 Å². The lowest BCUT2D eigenvalue weighted by molar-refractivity contribution is -0.115. The van der Waals surface area contributed by atoms with Crippen LogP contribution in [-0.2, 0) is 17.6 Å². The molecule has 0 bridgehead atoms. The second kappa shape index (κ2) is 7.53. The largest absolute Gasteiger partial charge is 0.317 e. The van der Waals surface area contributed by atoms with E-state index in [1.165, 1.54) is 37.0 Å². The molecule has 1 amide bonds. The van der Waals surface area contributed by atoms with Crippen molar-refractivity contribution >= 4 is 34.0 Å². The van der Waals surface area contributed by atoms with Crippen LogP contribution in [0.3, 0.4) is 0 Å². The molecule has 146 valence electrons. The van der Waals surface area contributed by atoms with Crippen LogP contribution in [0.4, 0.5) is 5.00 Å². The molecule has 3 aliphatic carbocycles. The number of amides is 1. The second-order valence-corrected chi connectivity index (χ2v) is 10.1. The Hall–Kier alpha value is -1.85. The molecule has 2 fully saturated rings. The standard InChI is InChI=1S/C20H23N5OS2/c21-11-15-14-3-1-2-4-16(14)28-19(15)22-17(26)9-10-27-20-24-23-18(12-5-6-12)25(20)13-7-8-13/h12-13H,1-10H2,(H,22,26). The van der Waals surface area contributed by atoms with E-state index in [4.69, 9.17) is 0 Å². The van der Waals surface area contributed by atoms with Gasteiger partial charge in [0.1, 0.15) is 16.9 Å². The average Bonchev–Trinajstić information content (AvgIpc) is 3.63. The SMILES string of the molecule is N#Cc1c(NC(=O)CCSc2nnc(C3CC3)n2C2CC2)sc2c1CCCC2. The van der Waals surface area contributed by atoms with Gasteiger partial charge in [-0.25, -0.2) is 0 Å². The maximum Gasteiger partial charge on any atom is 0.225 e. The van der Waals surface area contributed by atoms with Crippen molar-refractivity contribution in [3.05, 3.63) is 21.8 Å². The Morgan fingerprint density at radius 2 is 2.07 bits per heavy atom. The predicted molar refractivity (Wildman–Crippen MR) is 110 cm³/mol. The number of rotatable bonds is 7. The molecule has 2 aromatic rings. The summed E-state index contributed by atoms with van der Waals surface area (Å²) < 4.78 is 2.32. The van der Waals surface area contributed by atoms with Crippen molar-refractivity contribution in [3.63, 3.8) is 0 Å². The van der Waals surface area contributed by atoms with E-state index in [9.17, 15) is 10.1 Å². The summed E-state index contributed by atoms with van der Waals surface area (Å²) >= 11 is 3.21. The highest BCUT2D eigenvalue weighted by molar-refractivity contribution is 7.99. The third-order valence-electron chi connectivity index (χ3n) is 5.64.